The average molecular weight is 747 g/mol. The topological polar surface area (TPSA) is 116 Å². The normalized spacial score (nSPS) is 26.1. The second-order valence-corrected chi connectivity index (χ2v) is 16.5. The molecule has 0 saturated heterocycles. The highest BCUT2D eigenvalue weighted by atomic mass is 16.2. The molecule has 4 aliphatic rings. The Kier molecular flexibility index (Phi) is 10.0. The lowest BCUT2D eigenvalue weighted by molar-refractivity contribution is -0.0585. The van der Waals surface area contributed by atoms with Gasteiger partial charge >= 0.3 is 0 Å². The largest absolute Gasteiger partial charge is 0.352 e. The van der Waals surface area contributed by atoms with Crippen LogP contribution in [0.2, 0.25) is 0 Å². The van der Waals surface area contributed by atoms with Crippen LogP contribution >= 0.6 is 0 Å². The van der Waals surface area contributed by atoms with Crippen molar-refractivity contribution in [2.45, 2.75) is 64.5 Å². The number of hydrogen-bond donors (Lipinski definition) is 4. The van der Waals surface area contributed by atoms with Gasteiger partial charge in [0.05, 0.1) is 0 Å². The van der Waals surface area contributed by atoms with Crippen molar-refractivity contribution in [3.8, 4) is 0 Å². The van der Waals surface area contributed by atoms with Crippen molar-refractivity contribution in [1.29, 1.82) is 0 Å². The average Bonchev–Trinajstić information content (AvgIpc) is 3.25. The van der Waals surface area contributed by atoms with Gasteiger partial charge in [0.15, 0.2) is 0 Å². The molecule has 9 rings (SSSR count). The molecule has 3 fully saturated rings. The van der Waals surface area contributed by atoms with E-state index in [0.29, 0.717) is 70.9 Å². The minimum absolute atomic E-state index is 0.142. The van der Waals surface area contributed by atoms with E-state index in [0.717, 1.165) is 58.4 Å². The zero-order valence-corrected chi connectivity index (χ0v) is 31.8. The van der Waals surface area contributed by atoms with Crippen molar-refractivity contribution >= 4 is 45.2 Å². The number of fused-ring (bicyclic) bond motifs is 10. The van der Waals surface area contributed by atoms with Crippen LogP contribution in [0.3, 0.4) is 0 Å². The quantitative estimate of drug-likeness (QED) is 0.120. The molecule has 3 aliphatic carbocycles. The Morgan fingerprint density at radius 2 is 0.661 bits per heavy atom. The predicted molar refractivity (Wildman–Crippen MR) is 219 cm³/mol. The number of nitrogens with one attached hydrogen (secondary N) is 4. The summed E-state index contributed by atoms with van der Waals surface area (Å²) in [6.45, 7) is 1.82. The third kappa shape index (κ3) is 6.84. The molecule has 8 heteroatoms. The molecule has 1 aliphatic heterocycles. The first kappa shape index (κ1) is 36.2. The van der Waals surface area contributed by atoms with E-state index >= 15 is 0 Å². The van der Waals surface area contributed by atoms with Crippen LogP contribution in [-0.2, 0) is 13.1 Å². The number of benzene rings is 5. The van der Waals surface area contributed by atoms with Crippen molar-refractivity contribution in [3.63, 3.8) is 0 Å². The fourth-order valence-electron chi connectivity index (χ4n) is 11.2. The molecule has 56 heavy (non-hydrogen) atoms. The Hall–Kier alpha value is -5.50. The van der Waals surface area contributed by atoms with E-state index in [1.165, 1.54) is 25.7 Å². The lowest BCUT2D eigenvalue weighted by Crippen LogP contribution is -2.54. The van der Waals surface area contributed by atoms with Crippen LogP contribution < -0.4 is 21.3 Å². The van der Waals surface area contributed by atoms with Gasteiger partial charge in [0.1, 0.15) is 0 Å². The molecule has 3 saturated carbocycles. The van der Waals surface area contributed by atoms with E-state index in [9.17, 15) is 19.2 Å². The fourth-order valence-corrected chi connectivity index (χ4v) is 11.2. The van der Waals surface area contributed by atoms with Crippen LogP contribution in [0.1, 0.15) is 104 Å². The zero-order chi connectivity index (χ0) is 38.2. The highest BCUT2D eigenvalue weighted by molar-refractivity contribution is 6.07. The van der Waals surface area contributed by atoms with Crippen LogP contribution in [0.5, 0.6) is 0 Å². The number of carbonyl (C=O) groups excluding carboxylic acids is 4. The van der Waals surface area contributed by atoms with Gasteiger partial charge in [0, 0.05) is 48.4 Å². The molecular formula is C48H50N4O4. The van der Waals surface area contributed by atoms with Crippen LogP contribution in [-0.4, -0.2) is 36.7 Å². The van der Waals surface area contributed by atoms with E-state index in [1.807, 2.05) is 48.5 Å². The molecule has 4 amide bonds. The number of hydrogen-bond acceptors (Lipinski definition) is 4. The molecule has 0 spiro atoms. The monoisotopic (exact) mass is 746 g/mol. The Morgan fingerprint density at radius 3 is 0.982 bits per heavy atom. The summed E-state index contributed by atoms with van der Waals surface area (Å²) < 4.78 is 0. The lowest BCUT2D eigenvalue weighted by Gasteiger charge is -2.56. The number of carbonyl (C=O) groups is 4. The van der Waals surface area contributed by atoms with Gasteiger partial charge in [-0.3, -0.25) is 19.2 Å². The summed E-state index contributed by atoms with van der Waals surface area (Å²) in [6.07, 6.45) is 9.40. The highest BCUT2D eigenvalue weighted by Crippen LogP contribution is 2.55. The predicted octanol–water partition coefficient (Wildman–Crippen LogP) is 8.19. The van der Waals surface area contributed by atoms with E-state index in [-0.39, 0.29) is 36.7 Å². The van der Waals surface area contributed by atoms with E-state index in [1.54, 1.807) is 48.5 Å². The van der Waals surface area contributed by atoms with Crippen LogP contribution in [0.15, 0.2) is 97.1 Å². The summed E-state index contributed by atoms with van der Waals surface area (Å²) in [4.78, 5) is 55.2. The van der Waals surface area contributed by atoms with E-state index in [2.05, 4.69) is 21.3 Å². The molecule has 8 bridgehead atoms. The molecule has 1 heterocycles. The van der Waals surface area contributed by atoms with Gasteiger partial charge in [-0.15, -0.1) is 0 Å². The Balaban J connectivity index is 1.08. The van der Waals surface area contributed by atoms with Gasteiger partial charge in [-0.1, -0.05) is 86.3 Å². The summed E-state index contributed by atoms with van der Waals surface area (Å²) in [5.74, 6) is 1.98. The van der Waals surface area contributed by atoms with E-state index < -0.39 is 0 Å². The second kappa shape index (κ2) is 15.6. The zero-order valence-electron chi connectivity index (χ0n) is 31.8. The summed E-state index contributed by atoms with van der Waals surface area (Å²) >= 11 is 0. The molecular weight excluding hydrogens is 697 g/mol. The van der Waals surface area contributed by atoms with Gasteiger partial charge < -0.3 is 21.3 Å². The molecule has 4 N–H and O–H groups in total. The smallest absolute Gasteiger partial charge is 0.251 e. The van der Waals surface area contributed by atoms with Crippen molar-refractivity contribution < 1.29 is 19.2 Å². The van der Waals surface area contributed by atoms with Gasteiger partial charge in [0.2, 0.25) is 0 Å². The van der Waals surface area contributed by atoms with Gasteiger partial charge in [-0.05, 0) is 130 Å². The maximum Gasteiger partial charge on any atom is 0.251 e. The number of rotatable bonds is 0. The summed E-state index contributed by atoms with van der Waals surface area (Å²) in [5.41, 5.74) is 3.82. The highest BCUT2D eigenvalue weighted by Gasteiger charge is 2.50. The SMILES string of the molecule is O=C1NCc2c3ccccc3c(c3ccccc23)CNC(=O)c2cccc(c2)C(=O)NC[C@@H]2[C@@H]3CCCC[C@@H]3[C@H](CNC(=O)c3cccc1c3)[C@@H]1CCCC[C@@H]12. The molecule has 0 unspecified atom stereocenters. The number of amides is 4. The first-order valence-corrected chi connectivity index (χ1v) is 20.7. The maximum atomic E-state index is 13.8. The molecule has 6 atom stereocenters. The molecule has 0 aromatic heterocycles. The van der Waals surface area contributed by atoms with Crippen LogP contribution in [0, 0.1) is 35.5 Å². The third-order valence-electron chi connectivity index (χ3n) is 13.7. The third-order valence-corrected chi connectivity index (χ3v) is 13.7. The fraction of sp³-hybridized carbons (Fsp3) is 0.375. The minimum Gasteiger partial charge on any atom is -0.352 e. The van der Waals surface area contributed by atoms with Crippen LogP contribution in [0.4, 0.5) is 0 Å². The molecule has 0 radical (unpaired) electrons. The maximum absolute atomic E-state index is 13.8. The van der Waals surface area contributed by atoms with Crippen molar-refractivity contribution in [2.24, 2.45) is 35.5 Å². The first-order chi connectivity index (χ1) is 27.4. The van der Waals surface area contributed by atoms with Crippen LogP contribution in [0.25, 0.3) is 21.5 Å². The molecule has 5 aromatic rings. The summed E-state index contributed by atoms with van der Waals surface area (Å²) in [5, 5.41) is 16.9. The van der Waals surface area contributed by atoms with Gasteiger partial charge in [-0.2, -0.15) is 0 Å². The summed E-state index contributed by atoms with van der Waals surface area (Å²) in [6, 6.07) is 30.2. The molecule has 8 nitrogen and oxygen atoms in total. The summed E-state index contributed by atoms with van der Waals surface area (Å²) in [7, 11) is 0. The van der Waals surface area contributed by atoms with Crippen molar-refractivity contribution in [3.05, 3.63) is 130 Å². The molecule has 286 valence electrons. The second-order valence-electron chi connectivity index (χ2n) is 16.5. The minimum atomic E-state index is -0.242. The van der Waals surface area contributed by atoms with Crippen molar-refractivity contribution in [2.75, 3.05) is 13.1 Å². The first-order valence-electron chi connectivity index (χ1n) is 20.7. The van der Waals surface area contributed by atoms with Gasteiger partial charge in [0.25, 0.3) is 23.6 Å². The van der Waals surface area contributed by atoms with Crippen molar-refractivity contribution in [1.82, 2.24) is 21.3 Å². The van der Waals surface area contributed by atoms with Gasteiger partial charge in [-0.25, -0.2) is 0 Å². The lowest BCUT2D eigenvalue weighted by atomic mass is 9.50. The van der Waals surface area contributed by atoms with E-state index in [4.69, 9.17) is 0 Å². The standard InChI is InChI=1S/C48H50N4O4/c53-45-29-11-9-13-31(23-29)47(55)51-27-43-37-19-5-7-21-39(37)44(40-22-8-6-20-38(40)43)28-52-48(56)32-14-10-12-30(24-32)46(54)50-26-42-34-16-2-1-15-33(34)41(25-49-45)35-17-3-4-18-36(35)42/h1-4,9-18,23-24,37-40,43-44H,5-8,19-22,25-28H2,(H,49,53)(H,50,54)(H,51,55)(H,52,56)/t37-,38+,39+,40-,43-,44+. The Bertz CT molecular complexity index is 2090. The Morgan fingerprint density at radius 1 is 0.357 bits per heavy atom. The Labute approximate surface area is 328 Å². The molecule has 5 aromatic carbocycles.